The van der Waals surface area contributed by atoms with Gasteiger partial charge in [0.15, 0.2) is 6.10 Å². The molecular weight excluding hydrogens is 750 g/mol. The second-order valence-electron chi connectivity index (χ2n) is 15.0. The molecule has 1 N–H and O–H groups in total. The molecule has 0 amide bonds. The number of allylic oxidation sites excluding steroid dienone is 18. The maximum atomic E-state index is 12.7. The van der Waals surface area contributed by atoms with Crippen molar-refractivity contribution >= 4 is 19.8 Å². The summed E-state index contributed by atoms with van der Waals surface area (Å²) in [5, 5.41) is 0. The molecule has 0 aromatic rings. The first-order chi connectivity index (χ1) is 28.0. The number of ether oxygens (including phenoxy) is 2. The quantitative estimate of drug-likeness (QED) is 0.0217. The number of esters is 2. The molecule has 0 heterocycles. The fourth-order valence-electron chi connectivity index (χ4n) is 4.93. The molecule has 0 saturated heterocycles. The Kier molecular flexibility index (Phi) is 36.9. The summed E-state index contributed by atoms with van der Waals surface area (Å²) in [7, 11) is 1.39. The molecule has 0 aliphatic rings. The summed E-state index contributed by atoms with van der Waals surface area (Å²) in [4.78, 5) is 35.3. The molecule has 0 aliphatic heterocycles. The van der Waals surface area contributed by atoms with Gasteiger partial charge in [-0.2, -0.15) is 0 Å². The van der Waals surface area contributed by atoms with Crippen molar-refractivity contribution in [1.29, 1.82) is 0 Å². The highest BCUT2D eigenvalue weighted by atomic mass is 31.2. The van der Waals surface area contributed by atoms with E-state index < -0.39 is 32.5 Å². The van der Waals surface area contributed by atoms with E-state index in [9.17, 15) is 19.0 Å². The molecule has 58 heavy (non-hydrogen) atoms. The normalized spacial score (nSPS) is 14.7. The summed E-state index contributed by atoms with van der Waals surface area (Å²) < 4.78 is 34.1. The number of likely N-dealkylation sites (N-methyl/N-ethyl adjacent to an activating group) is 1. The van der Waals surface area contributed by atoms with Gasteiger partial charge in [0, 0.05) is 12.8 Å². The molecule has 0 saturated carbocycles. The lowest BCUT2D eigenvalue weighted by molar-refractivity contribution is -0.870. The zero-order valence-corrected chi connectivity index (χ0v) is 37.6. The molecule has 0 fully saturated rings. The minimum absolute atomic E-state index is 0.00498. The van der Waals surface area contributed by atoms with Gasteiger partial charge in [-0.15, -0.1) is 0 Å². The van der Waals surface area contributed by atoms with Crippen LogP contribution in [-0.2, 0) is 32.7 Å². The monoisotopic (exact) mass is 829 g/mol. The van der Waals surface area contributed by atoms with E-state index in [1.165, 1.54) is 25.7 Å². The number of phosphoric acid groups is 1. The minimum atomic E-state index is -4.41. The van der Waals surface area contributed by atoms with Crippen molar-refractivity contribution < 1.29 is 42.1 Å². The Bertz CT molecular complexity index is 1350. The molecule has 0 aromatic carbocycles. The second kappa shape index (κ2) is 39.1. The summed E-state index contributed by atoms with van der Waals surface area (Å²) in [5.41, 5.74) is 0. The third-order valence-electron chi connectivity index (χ3n) is 8.30. The Morgan fingerprint density at radius 3 is 1.47 bits per heavy atom. The fourth-order valence-corrected chi connectivity index (χ4v) is 5.67. The van der Waals surface area contributed by atoms with Gasteiger partial charge in [-0.05, 0) is 89.9 Å². The van der Waals surface area contributed by atoms with E-state index in [0.29, 0.717) is 23.9 Å². The highest BCUT2D eigenvalue weighted by molar-refractivity contribution is 7.47. The first-order valence-corrected chi connectivity index (χ1v) is 23.1. The number of unbranched alkanes of at least 4 members (excludes halogenated alkanes) is 5. The summed E-state index contributed by atoms with van der Waals surface area (Å²) in [6, 6.07) is 0. The molecule has 0 aliphatic carbocycles. The lowest BCUT2D eigenvalue weighted by Gasteiger charge is -2.24. The molecule has 9 nitrogen and oxygen atoms in total. The van der Waals surface area contributed by atoms with Crippen LogP contribution < -0.4 is 0 Å². The number of nitrogens with zero attached hydrogens (tertiary/aromatic N) is 1. The van der Waals surface area contributed by atoms with Crippen LogP contribution in [0.1, 0.15) is 129 Å². The fraction of sp³-hybridized carbons (Fsp3) is 0.583. The Hall–Kier alpha value is -3.33. The van der Waals surface area contributed by atoms with E-state index in [2.05, 4.69) is 111 Å². The van der Waals surface area contributed by atoms with E-state index in [-0.39, 0.29) is 26.1 Å². The largest absolute Gasteiger partial charge is 0.472 e. The van der Waals surface area contributed by atoms with Gasteiger partial charge in [-0.25, -0.2) is 4.57 Å². The molecule has 1 unspecified atom stereocenters. The van der Waals surface area contributed by atoms with Crippen molar-refractivity contribution in [2.45, 2.75) is 136 Å². The van der Waals surface area contributed by atoms with Crippen LogP contribution in [0, 0.1) is 0 Å². The standard InChI is InChI=1S/C48H78NO8P/c1-6-8-10-12-14-16-18-20-22-23-24-25-27-29-31-33-35-37-39-41-48(51)57-46(45-56-58(52,53)55-43-42-49(3,4)5)44-54-47(50)40-38-36-34-32-30-28-26-21-19-17-15-13-11-9-7-2/h9,11,14-17,20-22,24-26,29-32,35,37,46H,6-8,10,12-13,18-19,23,27-28,33-34,36,38-45H2,1-5H3/p+1/b11-9+,16-14+,17-15+,22-20+,25-24+,26-21+,31-29+,32-30+,37-35+/t46-/m1/s1. The van der Waals surface area contributed by atoms with Gasteiger partial charge in [0.05, 0.1) is 27.7 Å². The van der Waals surface area contributed by atoms with Gasteiger partial charge < -0.3 is 18.9 Å². The molecule has 2 atom stereocenters. The topological polar surface area (TPSA) is 108 Å². The molecule has 328 valence electrons. The average molecular weight is 829 g/mol. The number of carbonyl (C=O) groups is 2. The van der Waals surface area contributed by atoms with Gasteiger partial charge in [0.1, 0.15) is 19.8 Å². The summed E-state index contributed by atoms with van der Waals surface area (Å²) >= 11 is 0. The molecule has 0 spiro atoms. The van der Waals surface area contributed by atoms with Crippen LogP contribution in [0.15, 0.2) is 109 Å². The molecule has 0 rings (SSSR count). The Labute approximate surface area is 353 Å². The number of hydrogen-bond donors (Lipinski definition) is 1. The third kappa shape index (κ3) is 42.3. The maximum absolute atomic E-state index is 12.7. The number of rotatable bonds is 37. The Morgan fingerprint density at radius 1 is 0.552 bits per heavy atom. The maximum Gasteiger partial charge on any atom is 0.472 e. The lowest BCUT2D eigenvalue weighted by atomic mass is 10.2. The van der Waals surface area contributed by atoms with E-state index in [1.54, 1.807) is 0 Å². The minimum Gasteiger partial charge on any atom is -0.462 e. The molecule has 0 radical (unpaired) electrons. The van der Waals surface area contributed by atoms with Gasteiger partial charge in [0.25, 0.3) is 0 Å². The van der Waals surface area contributed by atoms with Crippen LogP contribution in [0.3, 0.4) is 0 Å². The zero-order valence-electron chi connectivity index (χ0n) is 36.7. The number of quaternary nitrogens is 1. The average Bonchev–Trinajstić information content (AvgIpc) is 3.17. The summed E-state index contributed by atoms with van der Waals surface area (Å²) in [6.07, 6.45) is 53.0. The summed E-state index contributed by atoms with van der Waals surface area (Å²) in [6.45, 7) is 4.11. The number of phosphoric ester groups is 1. The Morgan fingerprint density at radius 2 is 1.00 bits per heavy atom. The molecule has 0 aromatic heterocycles. The van der Waals surface area contributed by atoms with Crippen LogP contribution in [0.5, 0.6) is 0 Å². The van der Waals surface area contributed by atoms with Crippen molar-refractivity contribution in [2.75, 3.05) is 47.5 Å². The van der Waals surface area contributed by atoms with Crippen LogP contribution in [-0.4, -0.2) is 74.9 Å². The number of hydrogen-bond acceptors (Lipinski definition) is 7. The van der Waals surface area contributed by atoms with Crippen molar-refractivity contribution in [2.24, 2.45) is 0 Å². The lowest BCUT2D eigenvalue weighted by Crippen LogP contribution is -2.37. The second-order valence-corrected chi connectivity index (χ2v) is 16.4. The molecule has 0 bridgehead atoms. The number of carbonyl (C=O) groups excluding carboxylic acids is 2. The Balaban J connectivity index is 4.60. The van der Waals surface area contributed by atoms with Crippen molar-refractivity contribution in [3.8, 4) is 0 Å². The third-order valence-corrected chi connectivity index (χ3v) is 9.28. The van der Waals surface area contributed by atoms with Crippen LogP contribution in [0.4, 0.5) is 0 Å². The first kappa shape index (κ1) is 54.7. The van der Waals surface area contributed by atoms with Gasteiger partial charge in [-0.1, -0.05) is 136 Å². The highest BCUT2D eigenvalue weighted by Gasteiger charge is 2.27. The van der Waals surface area contributed by atoms with Crippen LogP contribution in [0.2, 0.25) is 0 Å². The highest BCUT2D eigenvalue weighted by Crippen LogP contribution is 2.43. The van der Waals surface area contributed by atoms with Crippen molar-refractivity contribution in [1.82, 2.24) is 0 Å². The predicted molar refractivity (Wildman–Crippen MR) is 242 cm³/mol. The van der Waals surface area contributed by atoms with E-state index >= 15 is 0 Å². The smallest absolute Gasteiger partial charge is 0.462 e. The van der Waals surface area contributed by atoms with Crippen molar-refractivity contribution in [3.05, 3.63) is 109 Å². The first-order valence-electron chi connectivity index (χ1n) is 21.6. The van der Waals surface area contributed by atoms with E-state index in [1.807, 2.05) is 33.3 Å². The SMILES string of the molecule is CC/C=C/C/C=C/C/C=C/C/C=C/CCCCC(=O)OC[C@H](COP(=O)(O)OCC[N+](C)(C)C)OC(=O)CC/C=C/C/C=C/C/C=C/C/C=C/C/C=C/CCCCC. The predicted octanol–water partition coefficient (Wildman–Crippen LogP) is 12.3. The van der Waals surface area contributed by atoms with Crippen LogP contribution in [0.25, 0.3) is 0 Å². The van der Waals surface area contributed by atoms with Gasteiger partial charge in [-0.3, -0.25) is 18.6 Å². The molecule has 10 heteroatoms. The zero-order chi connectivity index (χ0) is 42.8. The van der Waals surface area contributed by atoms with Gasteiger partial charge in [0.2, 0.25) is 0 Å². The van der Waals surface area contributed by atoms with Crippen LogP contribution >= 0.6 is 7.82 Å². The molecular formula is C48H79NO8P+. The van der Waals surface area contributed by atoms with Crippen molar-refractivity contribution in [3.63, 3.8) is 0 Å². The summed E-state index contributed by atoms with van der Waals surface area (Å²) in [5.74, 6) is -0.957. The van der Waals surface area contributed by atoms with Gasteiger partial charge >= 0.3 is 19.8 Å². The van der Waals surface area contributed by atoms with E-state index in [4.69, 9.17) is 18.5 Å². The van der Waals surface area contributed by atoms with E-state index in [0.717, 1.165) is 64.2 Å².